The Bertz CT molecular complexity index is 583. The minimum atomic E-state index is -1.12. The maximum Gasteiger partial charge on any atom is 0.353 e. The lowest BCUT2D eigenvalue weighted by atomic mass is 10.4. The summed E-state index contributed by atoms with van der Waals surface area (Å²) < 4.78 is 0. The van der Waals surface area contributed by atoms with Gasteiger partial charge >= 0.3 is 5.97 Å². The van der Waals surface area contributed by atoms with E-state index in [1.807, 2.05) is 30.3 Å². The molecule has 0 aliphatic carbocycles. The summed E-state index contributed by atoms with van der Waals surface area (Å²) in [5, 5.41) is 17.2. The number of hydrogen-bond acceptors (Lipinski definition) is 4. The fourth-order valence-electron chi connectivity index (χ4n) is 1.34. The Balaban J connectivity index is 1.85. The van der Waals surface area contributed by atoms with Gasteiger partial charge in [-0.15, -0.1) is 11.8 Å². The summed E-state index contributed by atoms with van der Waals surface area (Å²) in [7, 11) is 0. The number of carbonyl (C=O) groups is 2. The Morgan fingerprint density at radius 3 is 2.68 bits per heavy atom. The van der Waals surface area contributed by atoms with Crippen molar-refractivity contribution >= 4 is 29.5 Å². The lowest BCUT2D eigenvalue weighted by Gasteiger charge is -2.01. The van der Waals surface area contributed by atoms with Crippen molar-refractivity contribution in [3.63, 3.8) is 0 Å². The number of aromatic carboxylic acids is 1. The summed E-state index contributed by atoms with van der Waals surface area (Å²) in [4.78, 5) is 23.2. The van der Waals surface area contributed by atoms with Gasteiger partial charge in [-0.2, -0.15) is 5.10 Å². The lowest BCUT2D eigenvalue weighted by Crippen LogP contribution is -2.14. The maximum absolute atomic E-state index is 11.6. The number of aromatic nitrogens is 2. The van der Waals surface area contributed by atoms with E-state index in [0.29, 0.717) is 0 Å². The zero-order valence-electron chi connectivity index (χ0n) is 9.79. The predicted octanol–water partition coefficient (Wildman–Crippen LogP) is 1.84. The minimum absolute atomic E-state index is 0.0639. The summed E-state index contributed by atoms with van der Waals surface area (Å²) in [5.41, 5.74) is -0.0639. The molecule has 0 aliphatic rings. The second-order valence-corrected chi connectivity index (χ2v) is 4.67. The molecule has 98 valence electrons. The van der Waals surface area contributed by atoms with E-state index in [4.69, 9.17) is 5.11 Å². The SMILES string of the molecule is O=C(CSc1ccccc1)Nc1cc(C(=O)O)[nH]n1. The monoisotopic (exact) mass is 277 g/mol. The van der Waals surface area contributed by atoms with Crippen LogP contribution < -0.4 is 5.32 Å². The predicted molar refractivity (Wildman–Crippen MR) is 71.3 cm³/mol. The molecule has 0 saturated heterocycles. The Hall–Kier alpha value is -2.28. The van der Waals surface area contributed by atoms with Gasteiger partial charge in [0.1, 0.15) is 5.69 Å². The average molecular weight is 277 g/mol. The average Bonchev–Trinajstić information content (AvgIpc) is 2.86. The van der Waals surface area contributed by atoms with E-state index in [0.717, 1.165) is 4.90 Å². The highest BCUT2D eigenvalue weighted by atomic mass is 32.2. The summed E-state index contributed by atoms with van der Waals surface area (Å²) >= 11 is 1.39. The number of nitrogens with one attached hydrogen (secondary N) is 2. The van der Waals surface area contributed by atoms with Crippen LogP contribution in [0, 0.1) is 0 Å². The number of rotatable bonds is 5. The van der Waals surface area contributed by atoms with E-state index in [2.05, 4.69) is 15.5 Å². The van der Waals surface area contributed by atoms with Crippen LogP contribution in [0.3, 0.4) is 0 Å². The highest BCUT2D eigenvalue weighted by molar-refractivity contribution is 8.00. The standard InChI is InChI=1S/C12H11N3O3S/c16-11(7-19-8-4-2-1-3-5-8)13-10-6-9(12(17)18)14-15-10/h1-6H,7H2,(H,17,18)(H2,13,14,15,16). The number of amides is 1. The molecule has 0 spiro atoms. The topological polar surface area (TPSA) is 95.1 Å². The van der Waals surface area contributed by atoms with Gasteiger partial charge < -0.3 is 10.4 Å². The van der Waals surface area contributed by atoms with Crippen molar-refractivity contribution in [3.8, 4) is 0 Å². The molecule has 1 amide bonds. The summed E-state index contributed by atoms with van der Waals surface area (Å²) in [6, 6.07) is 10.8. The zero-order chi connectivity index (χ0) is 13.7. The van der Waals surface area contributed by atoms with Crippen LogP contribution in [-0.2, 0) is 4.79 Å². The number of carboxylic acid groups (broad SMARTS) is 1. The van der Waals surface area contributed by atoms with Crippen molar-refractivity contribution < 1.29 is 14.7 Å². The number of thioether (sulfide) groups is 1. The molecule has 0 bridgehead atoms. The van der Waals surface area contributed by atoms with E-state index >= 15 is 0 Å². The first kappa shape index (κ1) is 13.2. The van der Waals surface area contributed by atoms with Crippen LogP contribution in [0.25, 0.3) is 0 Å². The minimum Gasteiger partial charge on any atom is -0.477 e. The normalized spacial score (nSPS) is 10.1. The fourth-order valence-corrected chi connectivity index (χ4v) is 2.06. The van der Waals surface area contributed by atoms with Crippen molar-refractivity contribution in [3.05, 3.63) is 42.1 Å². The number of aromatic amines is 1. The second kappa shape index (κ2) is 6.05. The maximum atomic E-state index is 11.6. The number of hydrogen-bond donors (Lipinski definition) is 3. The van der Waals surface area contributed by atoms with Crippen LogP contribution in [0.1, 0.15) is 10.5 Å². The summed E-state index contributed by atoms with van der Waals surface area (Å²) in [6.45, 7) is 0. The molecule has 1 aromatic carbocycles. The molecule has 6 nitrogen and oxygen atoms in total. The van der Waals surface area contributed by atoms with Gasteiger partial charge in [0.2, 0.25) is 5.91 Å². The third-order valence-corrected chi connectivity index (χ3v) is 3.20. The molecule has 3 N–H and O–H groups in total. The van der Waals surface area contributed by atoms with Gasteiger partial charge in [-0.05, 0) is 12.1 Å². The van der Waals surface area contributed by atoms with E-state index < -0.39 is 5.97 Å². The van der Waals surface area contributed by atoms with Gasteiger partial charge in [-0.1, -0.05) is 18.2 Å². The fraction of sp³-hybridized carbons (Fsp3) is 0.0833. The van der Waals surface area contributed by atoms with Gasteiger partial charge in [0.15, 0.2) is 5.82 Å². The van der Waals surface area contributed by atoms with Gasteiger partial charge in [0.05, 0.1) is 5.75 Å². The molecule has 0 unspecified atom stereocenters. The molecule has 0 radical (unpaired) electrons. The quantitative estimate of drug-likeness (QED) is 0.725. The van der Waals surface area contributed by atoms with Gasteiger partial charge in [0, 0.05) is 11.0 Å². The van der Waals surface area contributed by atoms with Crippen LogP contribution in [0.5, 0.6) is 0 Å². The van der Waals surface area contributed by atoms with Crippen LogP contribution in [0.2, 0.25) is 0 Å². The van der Waals surface area contributed by atoms with Crippen LogP contribution in [-0.4, -0.2) is 32.9 Å². The molecule has 1 heterocycles. The Morgan fingerprint density at radius 2 is 2.05 bits per heavy atom. The van der Waals surface area contributed by atoms with Crippen molar-refractivity contribution in [1.82, 2.24) is 10.2 Å². The van der Waals surface area contributed by atoms with Gasteiger partial charge in [-0.25, -0.2) is 4.79 Å². The molecule has 2 rings (SSSR count). The van der Waals surface area contributed by atoms with Crippen molar-refractivity contribution in [2.75, 3.05) is 11.1 Å². The number of H-pyrrole nitrogens is 1. The zero-order valence-corrected chi connectivity index (χ0v) is 10.6. The van der Waals surface area contributed by atoms with Crippen LogP contribution in [0.4, 0.5) is 5.82 Å². The summed E-state index contributed by atoms with van der Waals surface area (Å²) in [6.07, 6.45) is 0. The third-order valence-electron chi connectivity index (χ3n) is 2.19. The lowest BCUT2D eigenvalue weighted by molar-refractivity contribution is -0.113. The first-order valence-corrected chi connectivity index (χ1v) is 6.40. The smallest absolute Gasteiger partial charge is 0.353 e. The Labute approximate surface area is 113 Å². The number of carbonyl (C=O) groups excluding carboxylic acids is 1. The third kappa shape index (κ3) is 3.85. The molecule has 0 atom stereocenters. The Kier molecular flexibility index (Phi) is 4.19. The molecular formula is C12H11N3O3S. The first-order chi connectivity index (χ1) is 9.15. The molecule has 2 aromatic rings. The highest BCUT2D eigenvalue weighted by Gasteiger charge is 2.10. The number of nitrogens with zero attached hydrogens (tertiary/aromatic N) is 1. The molecule has 0 aliphatic heterocycles. The van der Waals surface area contributed by atoms with Gasteiger partial charge in [-0.3, -0.25) is 9.89 Å². The molecule has 1 aromatic heterocycles. The highest BCUT2D eigenvalue weighted by Crippen LogP contribution is 2.17. The van der Waals surface area contributed by atoms with E-state index in [1.54, 1.807) is 0 Å². The van der Waals surface area contributed by atoms with E-state index in [1.165, 1.54) is 17.8 Å². The molecule has 7 heteroatoms. The number of benzene rings is 1. The molecule has 19 heavy (non-hydrogen) atoms. The summed E-state index contributed by atoms with van der Waals surface area (Å²) in [5.74, 6) is -0.917. The van der Waals surface area contributed by atoms with Crippen molar-refractivity contribution in [1.29, 1.82) is 0 Å². The molecule has 0 saturated carbocycles. The van der Waals surface area contributed by atoms with Crippen LogP contribution in [0.15, 0.2) is 41.3 Å². The van der Waals surface area contributed by atoms with Gasteiger partial charge in [0.25, 0.3) is 0 Å². The van der Waals surface area contributed by atoms with Crippen molar-refractivity contribution in [2.24, 2.45) is 0 Å². The molecular weight excluding hydrogens is 266 g/mol. The van der Waals surface area contributed by atoms with E-state index in [9.17, 15) is 9.59 Å². The largest absolute Gasteiger partial charge is 0.477 e. The van der Waals surface area contributed by atoms with E-state index in [-0.39, 0.29) is 23.2 Å². The number of anilines is 1. The Morgan fingerprint density at radius 1 is 1.32 bits per heavy atom. The van der Waals surface area contributed by atoms with Crippen molar-refractivity contribution in [2.45, 2.75) is 4.90 Å². The second-order valence-electron chi connectivity index (χ2n) is 3.62. The number of carboxylic acids is 1. The first-order valence-electron chi connectivity index (χ1n) is 5.41. The van der Waals surface area contributed by atoms with Crippen LogP contribution >= 0.6 is 11.8 Å². The molecule has 0 fully saturated rings.